The molecule has 3 rings (SSSR count). The van der Waals surface area contributed by atoms with Crippen molar-refractivity contribution in [3.8, 4) is 17.6 Å². The fourth-order valence-electron chi connectivity index (χ4n) is 3.05. The van der Waals surface area contributed by atoms with Gasteiger partial charge in [0.25, 0.3) is 11.6 Å². The van der Waals surface area contributed by atoms with Crippen molar-refractivity contribution in [1.29, 1.82) is 5.26 Å². The van der Waals surface area contributed by atoms with Gasteiger partial charge in [0.15, 0.2) is 0 Å². The van der Waals surface area contributed by atoms with Crippen molar-refractivity contribution >= 4 is 56.2 Å². The van der Waals surface area contributed by atoms with Gasteiger partial charge in [0.1, 0.15) is 29.7 Å². The topological polar surface area (TPSA) is 114 Å². The molecular formula is C25H19BrIN3O5. The second kappa shape index (κ2) is 12.3. The molecule has 35 heavy (non-hydrogen) atoms. The Hall–Kier alpha value is -3.43. The molecule has 0 spiro atoms. The molecule has 1 amide bonds. The molecule has 0 saturated carbocycles. The summed E-state index contributed by atoms with van der Waals surface area (Å²) < 4.78 is 12.4. The van der Waals surface area contributed by atoms with E-state index in [2.05, 4.69) is 43.8 Å². The predicted molar refractivity (Wildman–Crippen MR) is 143 cm³/mol. The molecule has 0 radical (unpaired) electrons. The van der Waals surface area contributed by atoms with Gasteiger partial charge in [-0.25, -0.2) is 0 Å². The van der Waals surface area contributed by atoms with Gasteiger partial charge in [-0.2, -0.15) is 5.26 Å². The molecule has 0 bridgehead atoms. The number of carbonyl (C=O) groups is 1. The molecule has 178 valence electrons. The lowest BCUT2D eigenvalue weighted by atomic mass is 10.1. The molecule has 0 heterocycles. The highest BCUT2D eigenvalue weighted by Crippen LogP contribution is 2.33. The van der Waals surface area contributed by atoms with Crippen LogP contribution in [0.1, 0.15) is 16.7 Å². The van der Waals surface area contributed by atoms with Crippen molar-refractivity contribution in [3.63, 3.8) is 0 Å². The van der Waals surface area contributed by atoms with Crippen LogP contribution in [0.15, 0.2) is 70.7 Å². The van der Waals surface area contributed by atoms with E-state index in [-0.39, 0.29) is 24.4 Å². The second-order valence-corrected chi connectivity index (χ2v) is 9.25. The van der Waals surface area contributed by atoms with Crippen LogP contribution in [0.4, 0.5) is 5.69 Å². The number of nitro benzene ring substituents is 1. The zero-order chi connectivity index (χ0) is 25.4. The average molecular weight is 648 g/mol. The summed E-state index contributed by atoms with van der Waals surface area (Å²) in [5, 5.41) is 23.2. The van der Waals surface area contributed by atoms with Crippen LogP contribution in [-0.4, -0.2) is 17.9 Å². The molecule has 0 unspecified atom stereocenters. The number of ether oxygens (including phenoxy) is 2. The van der Waals surface area contributed by atoms with Crippen molar-refractivity contribution in [2.24, 2.45) is 0 Å². The van der Waals surface area contributed by atoms with E-state index in [1.54, 1.807) is 43.5 Å². The Labute approximate surface area is 224 Å². The van der Waals surface area contributed by atoms with Gasteiger partial charge in [-0.3, -0.25) is 14.9 Å². The SMILES string of the molecule is COc1ccc(CNC(=O)/C(C#N)=C\c2cc(Br)c(OCc3cccc([N+](=O)[O-])c3)c(I)c2)cc1. The predicted octanol–water partition coefficient (Wildman–Crippen LogP) is 5.77. The van der Waals surface area contributed by atoms with Crippen LogP contribution in [0.3, 0.4) is 0 Å². The number of non-ortho nitro benzene ring substituents is 1. The van der Waals surface area contributed by atoms with E-state index in [4.69, 9.17) is 9.47 Å². The average Bonchev–Trinajstić information content (AvgIpc) is 2.85. The van der Waals surface area contributed by atoms with Crippen LogP contribution in [0, 0.1) is 25.0 Å². The summed E-state index contributed by atoms with van der Waals surface area (Å²) in [7, 11) is 1.58. The van der Waals surface area contributed by atoms with Gasteiger partial charge in [0.05, 0.1) is 20.1 Å². The van der Waals surface area contributed by atoms with Crippen LogP contribution >= 0.6 is 38.5 Å². The van der Waals surface area contributed by atoms with Gasteiger partial charge in [-0.15, -0.1) is 0 Å². The molecule has 8 nitrogen and oxygen atoms in total. The zero-order valence-corrected chi connectivity index (χ0v) is 22.2. The number of hydrogen-bond donors (Lipinski definition) is 1. The quantitative estimate of drug-likeness (QED) is 0.104. The fourth-order valence-corrected chi connectivity index (χ4v) is 4.82. The summed E-state index contributed by atoms with van der Waals surface area (Å²) in [5.41, 5.74) is 2.13. The number of rotatable bonds is 9. The Balaban J connectivity index is 1.69. The van der Waals surface area contributed by atoms with E-state index in [9.17, 15) is 20.2 Å². The summed E-state index contributed by atoms with van der Waals surface area (Å²) in [6, 6.07) is 19.0. The Kier molecular flexibility index (Phi) is 9.22. The van der Waals surface area contributed by atoms with Crippen LogP contribution < -0.4 is 14.8 Å². The first kappa shape index (κ1) is 26.2. The molecule has 3 aromatic rings. The Morgan fingerprint density at radius 1 is 1.20 bits per heavy atom. The first-order chi connectivity index (χ1) is 16.8. The number of nitrogens with zero attached hydrogens (tertiary/aromatic N) is 2. The third-order valence-corrected chi connectivity index (χ3v) is 6.20. The van der Waals surface area contributed by atoms with E-state index in [0.29, 0.717) is 21.3 Å². The Morgan fingerprint density at radius 3 is 2.57 bits per heavy atom. The monoisotopic (exact) mass is 647 g/mol. The normalized spacial score (nSPS) is 10.9. The van der Waals surface area contributed by atoms with Crippen molar-refractivity contribution < 1.29 is 19.2 Å². The zero-order valence-electron chi connectivity index (χ0n) is 18.5. The lowest BCUT2D eigenvalue weighted by Crippen LogP contribution is -2.23. The maximum absolute atomic E-state index is 12.5. The highest BCUT2D eigenvalue weighted by molar-refractivity contribution is 14.1. The molecule has 10 heteroatoms. The van der Waals surface area contributed by atoms with Crippen molar-refractivity contribution in [2.75, 3.05) is 7.11 Å². The van der Waals surface area contributed by atoms with E-state index in [1.165, 1.54) is 18.2 Å². The Bertz CT molecular complexity index is 1300. The highest BCUT2D eigenvalue weighted by Gasteiger charge is 2.13. The standard InChI is InChI=1S/C25H19BrIN3O5/c1-34-21-7-5-16(6-8-21)14-29-25(31)19(13-28)9-18-11-22(26)24(23(27)12-18)35-15-17-3-2-4-20(10-17)30(32)33/h2-12H,14-15H2,1H3,(H,29,31)/b19-9-. The van der Waals surface area contributed by atoms with Crippen LogP contribution in [0.2, 0.25) is 0 Å². The van der Waals surface area contributed by atoms with Crippen LogP contribution in [0.25, 0.3) is 6.08 Å². The highest BCUT2D eigenvalue weighted by atomic mass is 127. The van der Waals surface area contributed by atoms with Crippen LogP contribution in [-0.2, 0) is 17.9 Å². The summed E-state index contributed by atoms with van der Waals surface area (Å²) >= 11 is 5.56. The number of nitro groups is 1. The molecule has 0 saturated heterocycles. The smallest absolute Gasteiger partial charge is 0.269 e. The number of halogens is 2. The van der Waals surface area contributed by atoms with Gasteiger partial charge in [-0.05, 0) is 85.6 Å². The molecule has 0 aliphatic carbocycles. The number of amides is 1. The van der Waals surface area contributed by atoms with Gasteiger partial charge in [0.2, 0.25) is 0 Å². The Morgan fingerprint density at radius 2 is 1.94 bits per heavy atom. The summed E-state index contributed by atoms with van der Waals surface area (Å²) in [5.74, 6) is 0.785. The largest absolute Gasteiger partial charge is 0.497 e. The summed E-state index contributed by atoms with van der Waals surface area (Å²) in [6.45, 7) is 0.413. The molecule has 0 aromatic heterocycles. The molecule has 0 aliphatic heterocycles. The van der Waals surface area contributed by atoms with Gasteiger partial charge in [0, 0.05) is 18.7 Å². The number of carbonyl (C=O) groups excluding carboxylic acids is 1. The van der Waals surface area contributed by atoms with Crippen molar-refractivity contribution in [1.82, 2.24) is 5.32 Å². The number of nitriles is 1. The first-order valence-corrected chi connectivity index (χ1v) is 12.1. The van der Waals surface area contributed by atoms with Crippen molar-refractivity contribution in [3.05, 3.63) is 101 Å². The van der Waals surface area contributed by atoms with E-state index in [0.717, 1.165) is 14.9 Å². The van der Waals surface area contributed by atoms with E-state index in [1.807, 2.05) is 18.2 Å². The lowest BCUT2D eigenvalue weighted by molar-refractivity contribution is -0.384. The van der Waals surface area contributed by atoms with Crippen molar-refractivity contribution in [2.45, 2.75) is 13.2 Å². The number of nitrogens with one attached hydrogen (secondary N) is 1. The van der Waals surface area contributed by atoms with E-state index < -0.39 is 10.8 Å². The third kappa shape index (κ3) is 7.27. The minimum absolute atomic E-state index is 0.00496. The maximum atomic E-state index is 12.5. The molecule has 0 aliphatic rings. The first-order valence-electron chi connectivity index (χ1n) is 10.2. The molecule has 0 atom stereocenters. The summed E-state index contributed by atoms with van der Waals surface area (Å²) in [6.07, 6.45) is 1.50. The number of benzene rings is 3. The minimum Gasteiger partial charge on any atom is -0.497 e. The fraction of sp³-hybridized carbons (Fsp3) is 0.120. The molecule has 1 N–H and O–H groups in total. The van der Waals surface area contributed by atoms with Gasteiger partial charge in [-0.1, -0.05) is 24.3 Å². The third-order valence-electron chi connectivity index (χ3n) is 4.81. The number of methoxy groups -OCH3 is 1. The molecule has 0 fully saturated rings. The minimum atomic E-state index is -0.486. The van der Waals surface area contributed by atoms with Gasteiger partial charge < -0.3 is 14.8 Å². The molecule has 3 aromatic carbocycles. The van der Waals surface area contributed by atoms with E-state index >= 15 is 0 Å². The maximum Gasteiger partial charge on any atom is 0.269 e. The number of hydrogen-bond acceptors (Lipinski definition) is 6. The molecular weight excluding hydrogens is 629 g/mol. The van der Waals surface area contributed by atoms with Gasteiger partial charge >= 0.3 is 0 Å². The summed E-state index contributed by atoms with van der Waals surface area (Å²) in [4.78, 5) is 23.0. The van der Waals surface area contributed by atoms with Crippen LogP contribution in [0.5, 0.6) is 11.5 Å². The lowest BCUT2D eigenvalue weighted by Gasteiger charge is -2.12. The second-order valence-electron chi connectivity index (χ2n) is 7.23.